The van der Waals surface area contributed by atoms with Crippen molar-refractivity contribution in [3.05, 3.63) is 35.9 Å². The smallest absolute Gasteiger partial charge is 0.122 e. The van der Waals surface area contributed by atoms with Gasteiger partial charge in [-0.05, 0) is 30.5 Å². The minimum atomic E-state index is 0.315. The summed E-state index contributed by atoms with van der Waals surface area (Å²) in [5.41, 5.74) is 2.10. The quantitative estimate of drug-likeness (QED) is 0.745. The van der Waals surface area contributed by atoms with Crippen LogP contribution in [0.3, 0.4) is 0 Å². The SMILES string of the molecule is C=Cc1cc(CCCC)ccc1O. The summed E-state index contributed by atoms with van der Waals surface area (Å²) in [6.07, 6.45) is 5.16. The molecular weight excluding hydrogens is 160 g/mol. The van der Waals surface area contributed by atoms with Crippen molar-refractivity contribution in [3.8, 4) is 5.75 Å². The van der Waals surface area contributed by atoms with Gasteiger partial charge in [-0.3, -0.25) is 0 Å². The maximum atomic E-state index is 9.39. The molecule has 0 aromatic heterocycles. The number of hydrogen-bond donors (Lipinski definition) is 1. The molecule has 0 amide bonds. The number of phenolic OH excluding ortho intramolecular Hbond substituents is 1. The lowest BCUT2D eigenvalue weighted by molar-refractivity contribution is 0.474. The number of rotatable bonds is 4. The first kappa shape index (κ1) is 9.85. The van der Waals surface area contributed by atoms with Crippen LogP contribution in [0.5, 0.6) is 5.75 Å². The van der Waals surface area contributed by atoms with E-state index in [0.717, 1.165) is 12.0 Å². The van der Waals surface area contributed by atoms with Gasteiger partial charge in [0.25, 0.3) is 0 Å². The van der Waals surface area contributed by atoms with Gasteiger partial charge < -0.3 is 5.11 Å². The Hall–Kier alpha value is -1.24. The highest BCUT2D eigenvalue weighted by Gasteiger charge is 1.98. The average Bonchev–Trinajstić information content (AvgIpc) is 2.16. The van der Waals surface area contributed by atoms with Crippen molar-refractivity contribution < 1.29 is 5.11 Å². The van der Waals surface area contributed by atoms with Gasteiger partial charge in [0.05, 0.1) is 0 Å². The zero-order valence-electron chi connectivity index (χ0n) is 8.09. The lowest BCUT2D eigenvalue weighted by Gasteiger charge is -2.03. The summed E-state index contributed by atoms with van der Waals surface area (Å²) in [4.78, 5) is 0. The summed E-state index contributed by atoms with van der Waals surface area (Å²) in [7, 11) is 0. The first-order chi connectivity index (χ1) is 6.27. The van der Waals surface area contributed by atoms with E-state index < -0.39 is 0 Å². The molecule has 0 aliphatic rings. The van der Waals surface area contributed by atoms with Gasteiger partial charge in [0.1, 0.15) is 5.75 Å². The van der Waals surface area contributed by atoms with Gasteiger partial charge in [-0.1, -0.05) is 32.1 Å². The molecule has 1 N–H and O–H groups in total. The first-order valence-electron chi connectivity index (χ1n) is 4.72. The molecule has 0 heterocycles. The summed E-state index contributed by atoms with van der Waals surface area (Å²) < 4.78 is 0. The number of unbranched alkanes of at least 4 members (excludes halogenated alkanes) is 1. The van der Waals surface area contributed by atoms with Crippen molar-refractivity contribution in [2.75, 3.05) is 0 Å². The molecule has 13 heavy (non-hydrogen) atoms. The topological polar surface area (TPSA) is 20.2 Å². The number of benzene rings is 1. The van der Waals surface area contributed by atoms with Gasteiger partial charge >= 0.3 is 0 Å². The van der Waals surface area contributed by atoms with E-state index in [0.29, 0.717) is 5.75 Å². The molecular formula is C12H16O. The summed E-state index contributed by atoms with van der Waals surface area (Å²) >= 11 is 0. The normalized spacial score (nSPS) is 9.92. The predicted molar refractivity (Wildman–Crippen MR) is 56.8 cm³/mol. The molecule has 0 aliphatic carbocycles. The van der Waals surface area contributed by atoms with E-state index in [2.05, 4.69) is 13.5 Å². The summed E-state index contributed by atoms with van der Waals surface area (Å²) in [5, 5.41) is 9.39. The second kappa shape index (κ2) is 4.70. The standard InChI is InChI=1S/C12H16O/c1-3-5-6-10-7-8-12(13)11(4-2)9-10/h4,7-9,13H,2-3,5-6H2,1H3. The van der Waals surface area contributed by atoms with Crippen molar-refractivity contribution in [1.29, 1.82) is 0 Å². The van der Waals surface area contributed by atoms with E-state index in [1.807, 2.05) is 12.1 Å². The predicted octanol–water partition coefficient (Wildman–Crippen LogP) is 3.38. The molecule has 0 saturated heterocycles. The number of aromatic hydroxyl groups is 1. The number of hydrogen-bond acceptors (Lipinski definition) is 1. The number of aryl methyl sites for hydroxylation is 1. The molecule has 0 spiro atoms. The van der Waals surface area contributed by atoms with Crippen molar-refractivity contribution >= 4 is 6.08 Å². The Morgan fingerprint density at radius 2 is 2.23 bits per heavy atom. The van der Waals surface area contributed by atoms with Gasteiger partial charge in [0.15, 0.2) is 0 Å². The molecule has 1 aromatic carbocycles. The fraction of sp³-hybridized carbons (Fsp3) is 0.333. The Morgan fingerprint density at radius 3 is 2.85 bits per heavy atom. The number of phenols is 1. The molecule has 1 nitrogen and oxygen atoms in total. The zero-order valence-corrected chi connectivity index (χ0v) is 8.09. The Bertz CT molecular complexity index is 289. The van der Waals surface area contributed by atoms with Crippen LogP contribution >= 0.6 is 0 Å². The fourth-order valence-corrected chi connectivity index (χ4v) is 1.30. The van der Waals surface area contributed by atoms with Gasteiger partial charge in [-0.2, -0.15) is 0 Å². The lowest BCUT2D eigenvalue weighted by atomic mass is 10.0. The highest BCUT2D eigenvalue weighted by atomic mass is 16.3. The molecule has 1 rings (SSSR count). The van der Waals surface area contributed by atoms with E-state index in [9.17, 15) is 5.11 Å². The van der Waals surface area contributed by atoms with E-state index in [-0.39, 0.29) is 0 Å². The first-order valence-corrected chi connectivity index (χ1v) is 4.72. The summed E-state index contributed by atoms with van der Waals surface area (Å²) in [5.74, 6) is 0.315. The van der Waals surface area contributed by atoms with Gasteiger partial charge in [0.2, 0.25) is 0 Å². The molecule has 0 atom stereocenters. The minimum Gasteiger partial charge on any atom is -0.507 e. The molecule has 0 aliphatic heterocycles. The summed E-state index contributed by atoms with van der Waals surface area (Å²) in [6.45, 7) is 5.83. The molecule has 0 saturated carbocycles. The maximum Gasteiger partial charge on any atom is 0.122 e. The second-order valence-corrected chi connectivity index (χ2v) is 3.20. The van der Waals surface area contributed by atoms with E-state index in [1.165, 1.54) is 18.4 Å². The van der Waals surface area contributed by atoms with Crippen LogP contribution in [0, 0.1) is 0 Å². The maximum absolute atomic E-state index is 9.39. The Balaban J connectivity index is 2.80. The van der Waals surface area contributed by atoms with Crippen LogP contribution < -0.4 is 0 Å². The molecule has 0 radical (unpaired) electrons. The van der Waals surface area contributed by atoms with Crippen LogP contribution in [0.25, 0.3) is 6.08 Å². The average molecular weight is 176 g/mol. The highest BCUT2D eigenvalue weighted by molar-refractivity contribution is 5.56. The Labute approximate surface area is 79.7 Å². The Morgan fingerprint density at radius 1 is 1.46 bits per heavy atom. The molecule has 0 unspecified atom stereocenters. The van der Waals surface area contributed by atoms with Crippen molar-refractivity contribution in [3.63, 3.8) is 0 Å². The van der Waals surface area contributed by atoms with Crippen LogP contribution in [-0.4, -0.2) is 5.11 Å². The van der Waals surface area contributed by atoms with E-state index in [1.54, 1.807) is 12.1 Å². The third-order valence-electron chi connectivity index (χ3n) is 2.13. The van der Waals surface area contributed by atoms with Crippen molar-refractivity contribution in [2.45, 2.75) is 26.2 Å². The molecule has 70 valence electrons. The van der Waals surface area contributed by atoms with Crippen LogP contribution in [-0.2, 0) is 6.42 Å². The van der Waals surface area contributed by atoms with Gasteiger partial charge in [0, 0.05) is 5.56 Å². The second-order valence-electron chi connectivity index (χ2n) is 3.20. The molecule has 0 bridgehead atoms. The van der Waals surface area contributed by atoms with Crippen molar-refractivity contribution in [1.82, 2.24) is 0 Å². The van der Waals surface area contributed by atoms with E-state index in [4.69, 9.17) is 0 Å². The fourth-order valence-electron chi connectivity index (χ4n) is 1.30. The molecule has 1 aromatic rings. The lowest BCUT2D eigenvalue weighted by Crippen LogP contribution is -1.85. The van der Waals surface area contributed by atoms with Gasteiger partial charge in [-0.25, -0.2) is 0 Å². The molecule has 1 heteroatoms. The Kier molecular flexibility index (Phi) is 3.56. The van der Waals surface area contributed by atoms with Crippen LogP contribution in [0.2, 0.25) is 0 Å². The van der Waals surface area contributed by atoms with Crippen LogP contribution in [0.15, 0.2) is 24.8 Å². The van der Waals surface area contributed by atoms with E-state index >= 15 is 0 Å². The van der Waals surface area contributed by atoms with Gasteiger partial charge in [-0.15, -0.1) is 0 Å². The zero-order chi connectivity index (χ0) is 9.68. The monoisotopic (exact) mass is 176 g/mol. The van der Waals surface area contributed by atoms with Crippen LogP contribution in [0.4, 0.5) is 0 Å². The summed E-state index contributed by atoms with van der Waals surface area (Å²) in [6, 6.07) is 5.71. The minimum absolute atomic E-state index is 0.315. The molecule has 0 fully saturated rings. The third-order valence-corrected chi connectivity index (χ3v) is 2.13. The highest BCUT2D eigenvalue weighted by Crippen LogP contribution is 2.20. The largest absolute Gasteiger partial charge is 0.507 e. The van der Waals surface area contributed by atoms with Crippen molar-refractivity contribution in [2.24, 2.45) is 0 Å². The third kappa shape index (κ3) is 2.62. The van der Waals surface area contributed by atoms with Crippen LogP contribution in [0.1, 0.15) is 30.9 Å².